The van der Waals surface area contributed by atoms with Crippen LogP contribution in [0.2, 0.25) is 0 Å². The molecule has 0 aliphatic rings. The van der Waals surface area contributed by atoms with Gasteiger partial charge in [0.05, 0.1) is 26.4 Å². The number of esters is 4. The van der Waals surface area contributed by atoms with Gasteiger partial charge in [0.15, 0.2) is 12.2 Å². The largest absolute Gasteiger partial charge is 0.472 e. The molecule has 6 atom stereocenters. The molecule has 0 fully saturated rings. The molecule has 0 spiro atoms. The number of unbranched alkanes of at least 4 members (excludes halogenated alkanes) is 47. The van der Waals surface area contributed by atoms with Gasteiger partial charge in [-0.2, -0.15) is 0 Å². The van der Waals surface area contributed by atoms with E-state index in [1.807, 2.05) is 0 Å². The average Bonchev–Trinajstić information content (AvgIpc) is 0.919. The summed E-state index contributed by atoms with van der Waals surface area (Å²) in [6, 6.07) is 0. The summed E-state index contributed by atoms with van der Waals surface area (Å²) in [5.74, 6) is 0.273. The highest BCUT2D eigenvalue weighted by molar-refractivity contribution is 7.47. The molecule has 0 saturated carbocycles. The number of aliphatic hydroxyl groups is 1. The fourth-order valence-corrected chi connectivity index (χ4v) is 14.2. The molecule has 600 valence electrons. The predicted octanol–water partition coefficient (Wildman–Crippen LogP) is 24.5. The number of carbonyl (C=O) groups is 4. The average molecular weight is 1480 g/mol. The first-order valence-electron chi connectivity index (χ1n) is 42.4. The van der Waals surface area contributed by atoms with E-state index in [1.54, 1.807) is 0 Å². The summed E-state index contributed by atoms with van der Waals surface area (Å²) >= 11 is 0. The van der Waals surface area contributed by atoms with E-state index in [-0.39, 0.29) is 25.7 Å². The molecule has 0 saturated heterocycles. The lowest BCUT2D eigenvalue weighted by atomic mass is 9.99. The van der Waals surface area contributed by atoms with Crippen molar-refractivity contribution in [2.45, 2.75) is 446 Å². The topological polar surface area (TPSA) is 237 Å². The molecule has 0 rings (SSSR count). The zero-order valence-electron chi connectivity index (χ0n) is 66.4. The van der Waals surface area contributed by atoms with Gasteiger partial charge in [0.25, 0.3) is 0 Å². The van der Waals surface area contributed by atoms with Crippen molar-refractivity contribution < 1.29 is 80.2 Å². The molecule has 0 aliphatic heterocycles. The summed E-state index contributed by atoms with van der Waals surface area (Å²) in [6.07, 6.45) is 60.9. The maximum atomic E-state index is 13.1. The van der Waals surface area contributed by atoms with E-state index in [1.165, 1.54) is 238 Å². The molecule has 101 heavy (non-hydrogen) atoms. The van der Waals surface area contributed by atoms with E-state index in [0.29, 0.717) is 25.7 Å². The van der Waals surface area contributed by atoms with Crippen molar-refractivity contribution >= 4 is 39.5 Å². The van der Waals surface area contributed by atoms with Crippen LogP contribution in [0.25, 0.3) is 0 Å². The van der Waals surface area contributed by atoms with Crippen molar-refractivity contribution in [3.05, 3.63) is 0 Å². The van der Waals surface area contributed by atoms with Crippen LogP contribution in [-0.2, 0) is 65.4 Å². The number of hydrogen-bond acceptors (Lipinski definition) is 15. The Kier molecular flexibility index (Phi) is 70.9. The Bertz CT molecular complexity index is 1960. The van der Waals surface area contributed by atoms with Crippen LogP contribution in [0.5, 0.6) is 0 Å². The Labute approximate surface area is 619 Å². The Morgan fingerprint density at radius 1 is 0.287 bits per heavy atom. The third-order valence-electron chi connectivity index (χ3n) is 19.5. The summed E-state index contributed by atoms with van der Waals surface area (Å²) in [5.41, 5.74) is 0. The maximum Gasteiger partial charge on any atom is 0.472 e. The molecule has 0 aromatic carbocycles. The SMILES string of the molecule is CCCCCCCCCCCCCCCCCC(=O)O[C@H](COC(=O)CCCCCCCCCCCC(C)C)COP(=O)(O)OC[C@H](O)COP(=O)(O)OC[C@@H](COC(=O)CCCCCCCCCCCCCCCC(C)C)OC(=O)CCCCCCCCCCCCCCCCC(C)CC. The minimum Gasteiger partial charge on any atom is -0.462 e. The van der Waals surface area contributed by atoms with Gasteiger partial charge < -0.3 is 33.8 Å². The molecule has 19 heteroatoms. The number of ether oxygens (including phenoxy) is 4. The molecule has 0 aromatic rings. The van der Waals surface area contributed by atoms with Gasteiger partial charge in [-0.25, -0.2) is 9.13 Å². The third kappa shape index (κ3) is 74.7. The van der Waals surface area contributed by atoms with E-state index in [2.05, 4.69) is 48.5 Å². The van der Waals surface area contributed by atoms with Crippen molar-refractivity contribution in [1.82, 2.24) is 0 Å². The van der Waals surface area contributed by atoms with Crippen LogP contribution in [0.4, 0.5) is 0 Å². The van der Waals surface area contributed by atoms with E-state index in [9.17, 15) is 43.2 Å². The number of phosphoric acid groups is 2. The molecule has 3 unspecified atom stereocenters. The fourth-order valence-electron chi connectivity index (χ4n) is 12.6. The van der Waals surface area contributed by atoms with Crippen LogP contribution in [0.3, 0.4) is 0 Å². The van der Waals surface area contributed by atoms with Crippen LogP contribution in [0.15, 0.2) is 0 Å². The second-order valence-corrected chi connectivity index (χ2v) is 33.6. The Morgan fingerprint density at radius 3 is 0.752 bits per heavy atom. The fraction of sp³-hybridized carbons (Fsp3) is 0.951. The molecule has 17 nitrogen and oxygen atoms in total. The number of hydrogen-bond donors (Lipinski definition) is 3. The standard InChI is InChI=1S/C82H160O17P2/c1-8-10-11-12-13-14-15-16-17-23-29-36-44-51-58-65-81(86)99-78(70-93-80(85)64-57-50-43-38-31-33-40-47-54-61-74(5)6)72-97-101(90,91)95-68-76(83)67-94-100(88,89)96-71-77(69-92-79(84)63-56-49-42-35-28-25-20-21-26-32-39-46-53-60-73(3)4)98-82(87)66-59-52-45-37-30-24-19-18-22-27-34-41-48-55-62-75(7)9-2/h73-78,83H,8-72H2,1-7H3,(H,88,89)(H,90,91)/t75?,76-,77-,78-/m1/s1. The smallest absolute Gasteiger partial charge is 0.462 e. The van der Waals surface area contributed by atoms with E-state index >= 15 is 0 Å². The lowest BCUT2D eigenvalue weighted by Gasteiger charge is -2.21. The van der Waals surface area contributed by atoms with Crippen molar-refractivity contribution in [2.75, 3.05) is 39.6 Å². The lowest BCUT2D eigenvalue weighted by molar-refractivity contribution is -0.161. The molecule has 0 radical (unpaired) electrons. The first-order valence-corrected chi connectivity index (χ1v) is 45.4. The lowest BCUT2D eigenvalue weighted by Crippen LogP contribution is -2.30. The van der Waals surface area contributed by atoms with Crippen LogP contribution in [0, 0.1) is 17.8 Å². The van der Waals surface area contributed by atoms with E-state index in [4.69, 9.17) is 37.0 Å². The van der Waals surface area contributed by atoms with Gasteiger partial charge in [0, 0.05) is 25.7 Å². The van der Waals surface area contributed by atoms with Gasteiger partial charge in [-0.3, -0.25) is 37.3 Å². The van der Waals surface area contributed by atoms with Crippen LogP contribution in [0.1, 0.15) is 427 Å². The highest BCUT2D eigenvalue weighted by Gasteiger charge is 2.30. The molecule has 0 bridgehead atoms. The highest BCUT2D eigenvalue weighted by Crippen LogP contribution is 2.45. The van der Waals surface area contributed by atoms with Crippen molar-refractivity contribution in [1.29, 1.82) is 0 Å². The summed E-state index contributed by atoms with van der Waals surface area (Å²) in [6.45, 7) is 12.0. The number of rotatable bonds is 80. The predicted molar refractivity (Wildman–Crippen MR) is 414 cm³/mol. The van der Waals surface area contributed by atoms with Crippen molar-refractivity contribution in [3.8, 4) is 0 Å². The normalized spacial score (nSPS) is 14.2. The minimum absolute atomic E-state index is 0.108. The van der Waals surface area contributed by atoms with Gasteiger partial charge in [-0.1, -0.05) is 376 Å². The zero-order valence-corrected chi connectivity index (χ0v) is 68.2. The van der Waals surface area contributed by atoms with Gasteiger partial charge in [0.1, 0.15) is 19.3 Å². The first kappa shape index (κ1) is 99.1. The molecule has 0 aromatic heterocycles. The van der Waals surface area contributed by atoms with Crippen molar-refractivity contribution in [3.63, 3.8) is 0 Å². The van der Waals surface area contributed by atoms with E-state index < -0.39 is 97.5 Å². The molecule has 0 heterocycles. The van der Waals surface area contributed by atoms with Crippen LogP contribution >= 0.6 is 15.6 Å². The summed E-state index contributed by atoms with van der Waals surface area (Å²) in [4.78, 5) is 73.1. The van der Waals surface area contributed by atoms with Crippen molar-refractivity contribution in [2.24, 2.45) is 17.8 Å². The summed E-state index contributed by atoms with van der Waals surface area (Å²) in [5, 5.41) is 10.7. The quantitative estimate of drug-likeness (QED) is 0.0222. The number of phosphoric ester groups is 2. The van der Waals surface area contributed by atoms with Crippen LogP contribution in [-0.4, -0.2) is 96.7 Å². The monoisotopic (exact) mass is 1480 g/mol. The minimum atomic E-state index is -4.96. The maximum absolute atomic E-state index is 13.1. The second kappa shape index (κ2) is 72.3. The first-order chi connectivity index (χ1) is 48.8. The molecule has 0 aliphatic carbocycles. The molecular formula is C82H160O17P2. The molecular weight excluding hydrogens is 1320 g/mol. The Balaban J connectivity index is 5.27. The number of carbonyl (C=O) groups excluding carboxylic acids is 4. The summed E-state index contributed by atoms with van der Waals surface area (Å²) < 4.78 is 68.8. The third-order valence-corrected chi connectivity index (χ3v) is 21.4. The molecule has 3 N–H and O–H groups in total. The summed E-state index contributed by atoms with van der Waals surface area (Å²) in [7, 11) is -9.92. The Hall–Kier alpha value is -1.94. The zero-order chi connectivity index (χ0) is 74.4. The van der Waals surface area contributed by atoms with Gasteiger partial charge in [-0.05, 0) is 43.4 Å². The van der Waals surface area contributed by atoms with Gasteiger partial charge in [-0.15, -0.1) is 0 Å². The molecule has 0 amide bonds. The number of aliphatic hydroxyl groups excluding tert-OH is 1. The van der Waals surface area contributed by atoms with Gasteiger partial charge >= 0.3 is 39.5 Å². The van der Waals surface area contributed by atoms with Crippen LogP contribution < -0.4 is 0 Å². The van der Waals surface area contributed by atoms with Gasteiger partial charge in [0.2, 0.25) is 0 Å². The highest BCUT2D eigenvalue weighted by atomic mass is 31.2. The van der Waals surface area contributed by atoms with E-state index in [0.717, 1.165) is 108 Å². The second-order valence-electron chi connectivity index (χ2n) is 30.7. The Morgan fingerprint density at radius 2 is 0.505 bits per heavy atom.